The summed E-state index contributed by atoms with van der Waals surface area (Å²) in [4.78, 5) is 11.9. The first kappa shape index (κ1) is 14.9. The van der Waals surface area contributed by atoms with Crippen LogP contribution in [0.4, 0.5) is 4.79 Å². The van der Waals surface area contributed by atoms with Gasteiger partial charge >= 0.3 is 6.09 Å². The Morgan fingerprint density at radius 3 is 2.35 bits per heavy atom. The fraction of sp³-hybridized carbons (Fsp3) is 0.308. The molecule has 0 unspecified atom stereocenters. The SMILES string of the molecule is CC(C)(C)OC(=O)n1cc2ccc(S(=O)(=O)Cl)cc2c1. The van der Waals surface area contributed by atoms with E-state index >= 15 is 0 Å². The first-order valence-corrected chi connectivity index (χ1v) is 8.17. The fourth-order valence-corrected chi connectivity index (χ4v) is 2.48. The number of fused-ring (bicyclic) bond motifs is 1. The first-order chi connectivity index (χ1) is 9.06. The van der Waals surface area contributed by atoms with Gasteiger partial charge in [0, 0.05) is 33.8 Å². The van der Waals surface area contributed by atoms with E-state index in [2.05, 4.69) is 0 Å². The van der Waals surface area contributed by atoms with Crippen LogP contribution in [-0.4, -0.2) is 24.7 Å². The molecule has 0 N–H and O–H groups in total. The van der Waals surface area contributed by atoms with Crippen molar-refractivity contribution in [2.75, 3.05) is 0 Å². The van der Waals surface area contributed by atoms with Crippen molar-refractivity contribution in [2.45, 2.75) is 31.3 Å². The number of carbonyl (C=O) groups is 1. The average molecular weight is 316 g/mol. The number of ether oxygens (including phenoxy) is 1. The van der Waals surface area contributed by atoms with E-state index in [1.165, 1.54) is 22.9 Å². The van der Waals surface area contributed by atoms with Gasteiger partial charge in [-0.05, 0) is 32.9 Å². The average Bonchev–Trinajstić information content (AvgIpc) is 2.67. The molecule has 1 heterocycles. The van der Waals surface area contributed by atoms with Crippen molar-refractivity contribution in [2.24, 2.45) is 0 Å². The van der Waals surface area contributed by atoms with Crippen molar-refractivity contribution < 1.29 is 17.9 Å². The fourth-order valence-electron chi connectivity index (χ4n) is 1.69. The minimum absolute atomic E-state index is 0.00592. The Balaban J connectivity index is 2.42. The molecule has 0 aliphatic heterocycles. The standard InChI is InChI=1S/C13H14ClNO4S/c1-13(2,3)19-12(16)15-7-9-4-5-11(20(14,17)18)6-10(9)8-15/h4-8H,1-3H3. The van der Waals surface area contributed by atoms with Gasteiger partial charge in [0.1, 0.15) is 5.60 Å². The minimum atomic E-state index is -3.79. The number of aromatic nitrogens is 1. The molecule has 0 bridgehead atoms. The van der Waals surface area contributed by atoms with Gasteiger partial charge in [0.15, 0.2) is 0 Å². The second kappa shape index (κ2) is 4.79. The lowest BCUT2D eigenvalue weighted by Gasteiger charge is -2.19. The number of nitrogens with zero attached hydrogens (tertiary/aromatic N) is 1. The lowest BCUT2D eigenvalue weighted by Crippen LogP contribution is -2.26. The van der Waals surface area contributed by atoms with Crippen LogP contribution in [0.15, 0.2) is 35.5 Å². The Labute approximate surface area is 121 Å². The molecule has 0 aliphatic rings. The summed E-state index contributed by atoms with van der Waals surface area (Å²) >= 11 is 0. The molecule has 0 atom stereocenters. The van der Waals surface area contributed by atoms with E-state index in [1.54, 1.807) is 33.0 Å². The molecule has 20 heavy (non-hydrogen) atoms. The van der Waals surface area contributed by atoms with E-state index in [1.807, 2.05) is 0 Å². The zero-order chi connectivity index (χ0) is 15.1. The predicted octanol–water partition coefficient (Wildman–Crippen LogP) is 3.35. The molecule has 0 saturated heterocycles. The summed E-state index contributed by atoms with van der Waals surface area (Å²) in [6.45, 7) is 5.31. The Morgan fingerprint density at radius 1 is 1.20 bits per heavy atom. The van der Waals surface area contributed by atoms with Crippen LogP contribution in [0, 0.1) is 0 Å². The zero-order valence-electron chi connectivity index (χ0n) is 11.3. The van der Waals surface area contributed by atoms with Gasteiger partial charge in [0.25, 0.3) is 9.05 Å². The molecule has 2 rings (SSSR count). The van der Waals surface area contributed by atoms with Gasteiger partial charge in [-0.15, -0.1) is 0 Å². The second-order valence-corrected chi connectivity index (χ2v) is 7.94. The van der Waals surface area contributed by atoms with Crippen LogP contribution in [-0.2, 0) is 13.8 Å². The molecule has 0 spiro atoms. The number of halogens is 1. The Bertz CT molecular complexity index is 771. The van der Waals surface area contributed by atoms with Crippen molar-refractivity contribution in [1.29, 1.82) is 0 Å². The summed E-state index contributed by atoms with van der Waals surface area (Å²) in [5.41, 5.74) is -0.599. The van der Waals surface area contributed by atoms with Gasteiger partial charge in [-0.3, -0.25) is 4.57 Å². The highest BCUT2D eigenvalue weighted by Gasteiger charge is 2.18. The van der Waals surface area contributed by atoms with Crippen molar-refractivity contribution in [1.82, 2.24) is 4.57 Å². The summed E-state index contributed by atoms with van der Waals surface area (Å²) in [7, 11) is 1.50. The van der Waals surface area contributed by atoms with Crippen LogP contribution in [0.3, 0.4) is 0 Å². The Kier molecular flexibility index (Phi) is 3.56. The lowest BCUT2D eigenvalue weighted by molar-refractivity contribution is 0.0538. The smallest absolute Gasteiger partial charge is 0.418 e. The molecule has 0 saturated carbocycles. The van der Waals surface area contributed by atoms with Crippen molar-refractivity contribution >= 4 is 36.6 Å². The summed E-state index contributed by atoms with van der Waals surface area (Å²) in [6.07, 6.45) is 2.56. The molecule has 5 nitrogen and oxygen atoms in total. The van der Waals surface area contributed by atoms with Gasteiger partial charge in [-0.1, -0.05) is 6.07 Å². The van der Waals surface area contributed by atoms with Crippen LogP contribution < -0.4 is 0 Å². The van der Waals surface area contributed by atoms with Crippen LogP contribution in [0.5, 0.6) is 0 Å². The van der Waals surface area contributed by atoms with Gasteiger partial charge in [-0.2, -0.15) is 0 Å². The molecule has 0 radical (unpaired) electrons. The minimum Gasteiger partial charge on any atom is -0.443 e. The molecule has 0 amide bonds. The Morgan fingerprint density at radius 2 is 1.80 bits per heavy atom. The van der Waals surface area contributed by atoms with E-state index in [0.29, 0.717) is 5.39 Å². The number of carbonyl (C=O) groups excluding carboxylic acids is 1. The third kappa shape index (κ3) is 3.32. The first-order valence-electron chi connectivity index (χ1n) is 5.86. The highest BCUT2D eigenvalue weighted by atomic mass is 35.7. The number of hydrogen-bond acceptors (Lipinski definition) is 4. The van der Waals surface area contributed by atoms with Crippen LogP contribution in [0.1, 0.15) is 20.8 Å². The molecule has 1 aromatic heterocycles. The quantitative estimate of drug-likeness (QED) is 0.757. The molecule has 7 heteroatoms. The lowest BCUT2D eigenvalue weighted by atomic mass is 10.2. The van der Waals surface area contributed by atoms with E-state index in [-0.39, 0.29) is 4.90 Å². The molecule has 0 aliphatic carbocycles. The van der Waals surface area contributed by atoms with Crippen molar-refractivity contribution in [3.05, 3.63) is 30.6 Å². The normalized spacial score (nSPS) is 12.6. The predicted molar refractivity (Wildman–Crippen MR) is 76.6 cm³/mol. The summed E-state index contributed by atoms with van der Waals surface area (Å²) in [5.74, 6) is 0. The third-order valence-electron chi connectivity index (χ3n) is 2.50. The third-order valence-corrected chi connectivity index (χ3v) is 3.85. The maximum Gasteiger partial charge on any atom is 0.418 e. The van der Waals surface area contributed by atoms with Gasteiger partial charge < -0.3 is 4.74 Å². The molecule has 2 aromatic rings. The largest absolute Gasteiger partial charge is 0.443 e. The maximum atomic E-state index is 11.9. The number of hydrogen-bond donors (Lipinski definition) is 0. The number of benzene rings is 1. The summed E-state index contributed by atoms with van der Waals surface area (Å²) in [6, 6.07) is 4.40. The topological polar surface area (TPSA) is 65.4 Å². The second-order valence-electron chi connectivity index (χ2n) is 5.37. The van der Waals surface area contributed by atoms with Gasteiger partial charge in [0.05, 0.1) is 4.90 Å². The van der Waals surface area contributed by atoms with Crippen LogP contribution >= 0.6 is 10.7 Å². The summed E-state index contributed by atoms with van der Waals surface area (Å²) < 4.78 is 29.1. The van der Waals surface area contributed by atoms with E-state index in [4.69, 9.17) is 15.4 Å². The van der Waals surface area contributed by atoms with Crippen molar-refractivity contribution in [3.63, 3.8) is 0 Å². The van der Waals surface area contributed by atoms with Crippen LogP contribution in [0.25, 0.3) is 10.8 Å². The molecular weight excluding hydrogens is 302 g/mol. The van der Waals surface area contributed by atoms with Crippen LogP contribution in [0.2, 0.25) is 0 Å². The van der Waals surface area contributed by atoms with Crippen molar-refractivity contribution in [3.8, 4) is 0 Å². The molecular formula is C13H14ClNO4S. The zero-order valence-corrected chi connectivity index (χ0v) is 12.8. The molecule has 1 aromatic carbocycles. The van der Waals surface area contributed by atoms with E-state index < -0.39 is 20.7 Å². The molecule has 108 valence electrons. The van der Waals surface area contributed by atoms with E-state index in [9.17, 15) is 13.2 Å². The highest BCUT2D eigenvalue weighted by molar-refractivity contribution is 8.13. The number of rotatable bonds is 1. The van der Waals surface area contributed by atoms with E-state index in [0.717, 1.165) is 5.39 Å². The summed E-state index contributed by atoms with van der Waals surface area (Å²) in [5, 5.41) is 1.32. The monoisotopic (exact) mass is 315 g/mol. The highest BCUT2D eigenvalue weighted by Crippen LogP contribution is 2.23. The molecule has 0 fully saturated rings. The van der Waals surface area contributed by atoms with Gasteiger partial charge in [-0.25, -0.2) is 13.2 Å². The van der Waals surface area contributed by atoms with Gasteiger partial charge in [0.2, 0.25) is 0 Å². The maximum absolute atomic E-state index is 11.9. The Hall–Kier alpha value is -1.53.